The van der Waals surface area contributed by atoms with Gasteiger partial charge in [0.1, 0.15) is 5.75 Å². The molecular weight excluding hydrogens is 200 g/mol. The van der Waals surface area contributed by atoms with Gasteiger partial charge in [0, 0.05) is 5.41 Å². The molecule has 1 aromatic carbocycles. The number of ether oxygens (including phenoxy) is 1. The molecule has 1 saturated carbocycles. The normalized spacial score (nSPS) is 27.9. The summed E-state index contributed by atoms with van der Waals surface area (Å²) in [5, 5.41) is 9.56. The zero-order chi connectivity index (χ0) is 11.9. The number of benzene rings is 1. The van der Waals surface area contributed by atoms with Crippen molar-refractivity contribution in [1.29, 1.82) is 0 Å². The summed E-state index contributed by atoms with van der Waals surface area (Å²) >= 11 is 0. The maximum atomic E-state index is 9.56. The van der Waals surface area contributed by atoms with Crippen LogP contribution in [0.1, 0.15) is 30.0 Å². The van der Waals surface area contributed by atoms with E-state index in [-0.39, 0.29) is 12.0 Å². The van der Waals surface area contributed by atoms with Gasteiger partial charge in [-0.25, -0.2) is 0 Å². The van der Waals surface area contributed by atoms with Gasteiger partial charge in [-0.15, -0.1) is 0 Å². The molecule has 2 heteroatoms. The molecule has 1 aliphatic carbocycles. The highest BCUT2D eigenvalue weighted by Crippen LogP contribution is 2.54. The van der Waals surface area contributed by atoms with Crippen LogP contribution in [0.5, 0.6) is 5.75 Å². The topological polar surface area (TPSA) is 29.5 Å². The average Bonchev–Trinajstić information content (AvgIpc) is 2.90. The Morgan fingerprint density at radius 1 is 1.38 bits per heavy atom. The van der Waals surface area contributed by atoms with Crippen molar-refractivity contribution in [3.8, 4) is 5.75 Å². The van der Waals surface area contributed by atoms with Crippen molar-refractivity contribution in [3.05, 3.63) is 28.8 Å². The molecule has 0 aliphatic heterocycles. The van der Waals surface area contributed by atoms with E-state index in [2.05, 4.69) is 32.9 Å². The van der Waals surface area contributed by atoms with E-state index in [1.165, 1.54) is 5.56 Å². The quantitative estimate of drug-likeness (QED) is 0.848. The molecule has 1 aromatic rings. The van der Waals surface area contributed by atoms with E-state index >= 15 is 0 Å². The molecule has 1 aliphatic rings. The number of hydrogen-bond donors (Lipinski definition) is 1. The number of aryl methyl sites for hydroxylation is 2. The molecule has 2 rings (SSSR count). The minimum Gasteiger partial charge on any atom is -0.496 e. The standard InChI is InChI=1S/C14H20O2/c1-9-5-12(6-10(2)13(9)16-4)14(8-15)7-11(14)3/h5-6,11,15H,7-8H2,1-4H3. The second-order valence-corrected chi connectivity index (χ2v) is 5.06. The van der Waals surface area contributed by atoms with Crippen LogP contribution in [-0.4, -0.2) is 18.8 Å². The SMILES string of the molecule is COc1c(C)cc(C2(CO)CC2C)cc1C. The summed E-state index contributed by atoms with van der Waals surface area (Å²) in [6.45, 7) is 6.57. The van der Waals surface area contributed by atoms with Crippen LogP contribution in [0.15, 0.2) is 12.1 Å². The minimum absolute atomic E-state index is 0.0157. The van der Waals surface area contributed by atoms with Gasteiger partial charge in [0.25, 0.3) is 0 Å². The largest absolute Gasteiger partial charge is 0.496 e. The monoisotopic (exact) mass is 220 g/mol. The number of rotatable bonds is 3. The molecule has 0 bridgehead atoms. The molecule has 88 valence electrons. The lowest BCUT2D eigenvalue weighted by molar-refractivity contribution is 0.247. The highest BCUT2D eigenvalue weighted by molar-refractivity contribution is 5.47. The highest BCUT2D eigenvalue weighted by atomic mass is 16.5. The summed E-state index contributed by atoms with van der Waals surface area (Å²) in [7, 11) is 1.70. The van der Waals surface area contributed by atoms with Gasteiger partial charge in [-0.05, 0) is 42.9 Å². The van der Waals surface area contributed by atoms with E-state index in [1.54, 1.807) is 7.11 Å². The third-order valence-corrected chi connectivity index (χ3v) is 3.98. The molecule has 2 unspecified atom stereocenters. The van der Waals surface area contributed by atoms with Crippen LogP contribution >= 0.6 is 0 Å². The van der Waals surface area contributed by atoms with E-state index in [0.717, 1.165) is 23.3 Å². The van der Waals surface area contributed by atoms with Gasteiger partial charge in [-0.1, -0.05) is 19.1 Å². The third-order valence-electron chi connectivity index (χ3n) is 3.98. The van der Waals surface area contributed by atoms with Gasteiger partial charge in [0.05, 0.1) is 13.7 Å². The molecule has 0 saturated heterocycles. The molecule has 0 aromatic heterocycles. The molecule has 2 atom stereocenters. The molecule has 2 nitrogen and oxygen atoms in total. The molecular formula is C14H20O2. The van der Waals surface area contributed by atoms with Crippen molar-refractivity contribution in [1.82, 2.24) is 0 Å². The average molecular weight is 220 g/mol. The van der Waals surface area contributed by atoms with Crippen LogP contribution in [-0.2, 0) is 5.41 Å². The Morgan fingerprint density at radius 3 is 2.19 bits per heavy atom. The Hall–Kier alpha value is -1.02. The molecule has 0 amide bonds. The van der Waals surface area contributed by atoms with Gasteiger partial charge in [-0.3, -0.25) is 0 Å². The lowest BCUT2D eigenvalue weighted by Gasteiger charge is -2.18. The van der Waals surface area contributed by atoms with Crippen LogP contribution < -0.4 is 4.74 Å². The Balaban J connectivity index is 2.45. The number of methoxy groups -OCH3 is 1. The second kappa shape index (κ2) is 3.77. The predicted molar refractivity (Wildman–Crippen MR) is 65.0 cm³/mol. The summed E-state index contributed by atoms with van der Waals surface area (Å²) in [5.74, 6) is 1.55. The smallest absolute Gasteiger partial charge is 0.124 e. The van der Waals surface area contributed by atoms with Crippen molar-refractivity contribution in [2.75, 3.05) is 13.7 Å². The lowest BCUT2D eigenvalue weighted by Crippen LogP contribution is -2.15. The molecule has 1 fully saturated rings. The first-order valence-corrected chi connectivity index (χ1v) is 5.81. The third kappa shape index (κ3) is 1.52. The molecule has 0 heterocycles. The summed E-state index contributed by atoms with van der Waals surface area (Å²) in [4.78, 5) is 0. The van der Waals surface area contributed by atoms with Gasteiger partial charge in [0.15, 0.2) is 0 Å². The van der Waals surface area contributed by atoms with Crippen molar-refractivity contribution in [2.45, 2.75) is 32.6 Å². The van der Waals surface area contributed by atoms with Crippen LogP contribution in [0.25, 0.3) is 0 Å². The van der Waals surface area contributed by atoms with Gasteiger partial charge in [-0.2, -0.15) is 0 Å². The fourth-order valence-corrected chi connectivity index (χ4v) is 2.76. The van der Waals surface area contributed by atoms with E-state index in [1.807, 2.05) is 0 Å². The number of aliphatic hydroxyl groups is 1. The molecule has 16 heavy (non-hydrogen) atoms. The van der Waals surface area contributed by atoms with Crippen molar-refractivity contribution in [3.63, 3.8) is 0 Å². The second-order valence-electron chi connectivity index (χ2n) is 5.06. The van der Waals surface area contributed by atoms with Crippen LogP contribution in [0.4, 0.5) is 0 Å². The summed E-state index contributed by atoms with van der Waals surface area (Å²) in [6, 6.07) is 4.32. The van der Waals surface area contributed by atoms with E-state index in [9.17, 15) is 5.11 Å². The molecule has 0 radical (unpaired) electrons. The first-order chi connectivity index (χ1) is 7.55. The van der Waals surface area contributed by atoms with E-state index < -0.39 is 0 Å². The number of hydrogen-bond acceptors (Lipinski definition) is 2. The van der Waals surface area contributed by atoms with Gasteiger partial charge >= 0.3 is 0 Å². The first kappa shape index (κ1) is 11.5. The Labute approximate surface area is 97.3 Å². The van der Waals surface area contributed by atoms with E-state index in [4.69, 9.17) is 4.74 Å². The van der Waals surface area contributed by atoms with Crippen LogP contribution in [0, 0.1) is 19.8 Å². The maximum absolute atomic E-state index is 9.56. The fraction of sp³-hybridized carbons (Fsp3) is 0.571. The van der Waals surface area contributed by atoms with Crippen molar-refractivity contribution >= 4 is 0 Å². The summed E-state index contributed by atoms with van der Waals surface area (Å²) in [5.41, 5.74) is 3.59. The fourth-order valence-electron chi connectivity index (χ4n) is 2.76. The van der Waals surface area contributed by atoms with Crippen molar-refractivity contribution < 1.29 is 9.84 Å². The van der Waals surface area contributed by atoms with E-state index in [0.29, 0.717) is 5.92 Å². The van der Waals surface area contributed by atoms with Crippen LogP contribution in [0.2, 0.25) is 0 Å². The van der Waals surface area contributed by atoms with Gasteiger partial charge in [0.2, 0.25) is 0 Å². The van der Waals surface area contributed by atoms with Crippen LogP contribution in [0.3, 0.4) is 0 Å². The van der Waals surface area contributed by atoms with Gasteiger partial charge < -0.3 is 9.84 Å². The Bertz CT molecular complexity index is 384. The van der Waals surface area contributed by atoms with Crippen molar-refractivity contribution in [2.24, 2.45) is 5.92 Å². The molecule has 1 N–H and O–H groups in total. The zero-order valence-corrected chi connectivity index (χ0v) is 10.5. The summed E-state index contributed by atoms with van der Waals surface area (Å²) < 4.78 is 5.36. The summed E-state index contributed by atoms with van der Waals surface area (Å²) in [6.07, 6.45) is 1.09. The predicted octanol–water partition coefficient (Wildman–Crippen LogP) is 2.58. The maximum Gasteiger partial charge on any atom is 0.124 e. The zero-order valence-electron chi connectivity index (χ0n) is 10.5. The number of aliphatic hydroxyl groups excluding tert-OH is 1. The highest BCUT2D eigenvalue weighted by Gasteiger charge is 2.52. The lowest BCUT2D eigenvalue weighted by atomic mass is 9.91. The minimum atomic E-state index is 0.0157. The Morgan fingerprint density at radius 2 is 1.88 bits per heavy atom. The molecule has 0 spiro atoms. The Kier molecular flexibility index (Phi) is 2.70. The first-order valence-electron chi connectivity index (χ1n) is 5.81.